The number of ether oxygens (including phenoxy) is 1. The highest BCUT2D eigenvalue weighted by atomic mass is 16.5. The fourth-order valence-electron chi connectivity index (χ4n) is 2.41. The first-order valence-electron chi connectivity index (χ1n) is 7.44. The van der Waals surface area contributed by atoms with Crippen LogP contribution in [0.4, 0.5) is 0 Å². The van der Waals surface area contributed by atoms with Crippen molar-refractivity contribution >= 4 is 5.91 Å². The average molecular weight is 276 g/mol. The Morgan fingerprint density at radius 2 is 1.95 bits per heavy atom. The fraction of sp³-hybridized carbons (Fsp3) is 0.562. The van der Waals surface area contributed by atoms with Crippen LogP contribution in [0.15, 0.2) is 24.3 Å². The van der Waals surface area contributed by atoms with Crippen LogP contribution in [-0.4, -0.2) is 55.0 Å². The first kappa shape index (κ1) is 14.9. The van der Waals surface area contributed by atoms with E-state index in [2.05, 4.69) is 24.8 Å². The molecule has 0 aliphatic carbocycles. The molecule has 1 aliphatic heterocycles. The maximum Gasteiger partial charge on any atom is 0.260 e. The summed E-state index contributed by atoms with van der Waals surface area (Å²) in [6.07, 6.45) is 0.976. The molecule has 2 rings (SSSR count). The van der Waals surface area contributed by atoms with Gasteiger partial charge in [-0.05, 0) is 30.7 Å². The third kappa shape index (κ3) is 3.97. The Bertz CT molecular complexity index is 440. The number of carbonyl (C=O) groups is 1. The van der Waals surface area contributed by atoms with Crippen LogP contribution in [0.1, 0.15) is 19.4 Å². The Kier molecular flexibility index (Phi) is 5.41. The van der Waals surface area contributed by atoms with E-state index in [0.717, 1.165) is 44.9 Å². The summed E-state index contributed by atoms with van der Waals surface area (Å²) in [6.45, 7) is 9.01. The van der Waals surface area contributed by atoms with E-state index >= 15 is 0 Å². The number of likely N-dealkylation sites (N-methyl/N-ethyl adjacent to an activating group) is 1. The van der Waals surface area contributed by atoms with Gasteiger partial charge in [0.15, 0.2) is 6.61 Å². The molecule has 1 aliphatic rings. The summed E-state index contributed by atoms with van der Waals surface area (Å²) in [5.41, 5.74) is 1.23. The van der Waals surface area contributed by atoms with Crippen molar-refractivity contribution in [3.05, 3.63) is 29.8 Å². The molecule has 1 aromatic rings. The second-order valence-electron chi connectivity index (χ2n) is 5.10. The molecule has 0 atom stereocenters. The summed E-state index contributed by atoms with van der Waals surface area (Å²) in [5, 5.41) is 0. The van der Waals surface area contributed by atoms with Gasteiger partial charge < -0.3 is 14.5 Å². The monoisotopic (exact) mass is 276 g/mol. The predicted molar refractivity (Wildman–Crippen MR) is 80.0 cm³/mol. The minimum Gasteiger partial charge on any atom is -0.484 e. The molecule has 1 fully saturated rings. The van der Waals surface area contributed by atoms with Crippen LogP contribution in [0.25, 0.3) is 0 Å². The van der Waals surface area contributed by atoms with E-state index in [0.29, 0.717) is 0 Å². The van der Waals surface area contributed by atoms with Crippen LogP contribution >= 0.6 is 0 Å². The van der Waals surface area contributed by atoms with Crippen LogP contribution < -0.4 is 4.74 Å². The highest BCUT2D eigenvalue weighted by Gasteiger charge is 2.20. The van der Waals surface area contributed by atoms with Gasteiger partial charge in [0.1, 0.15) is 5.75 Å². The maximum absolute atomic E-state index is 12.1. The Labute approximate surface area is 121 Å². The Morgan fingerprint density at radius 1 is 1.20 bits per heavy atom. The molecule has 1 amide bonds. The summed E-state index contributed by atoms with van der Waals surface area (Å²) in [7, 11) is 0. The van der Waals surface area contributed by atoms with Crippen molar-refractivity contribution in [3.63, 3.8) is 0 Å². The number of aryl methyl sites for hydroxylation is 1. The SMILES string of the molecule is CCc1cccc(OCC(=O)N2CCN(CC)CC2)c1. The van der Waals surface area contributed by atoms with Crippen LogP contribution in [-0.2, 0) is 11.2 Å². The highest BCUT2D eigenvalue weighted by molar-refractivity contribution is 5.77. The van der Waals surface area contributed by atoms with Gasteiger partial charge >= 0.3 is 0 Å². The fourth-order valence-corrected chi connectivity index (χ4v) is 2.41. The van der Waals surface area contributed by atoms with E-state index in [1.54, 1.807) is 0 Å². The van der Waals surface area contributed by atoms with Gasteiger partial charge in [-0.2, -0.15) is 0 Å². The molecule has 0 N–H and O–H groups in total. The predicted octanol–water partition coefficient (Wildman–Crippen LogP) is 1.79. The Balaban J connectivity index is 1.80. The lowest BCUT2D eigenvalue weighted by molar-refractivity contribution is -0.135. The van der Waals surface area contributed by atoms with E-state index in [9.17, 15) is 4.79 Å². The molecule has 20 heavy (non-hydrogen) atoms. The number of benzene rings is 1. The molecule has 0 saturated carbocycles. The van der Waals surface area contributed by atoms with Crippen LogP contribution in [0.2, 0.25) is 0 Å². The smallest absolute Gasteiger partial charge is 0.260 e. The van der Waals surface area contributed by atoms with Gasteiger partial charge in [0.25, 0.3) is 5.91 Å². The molecular formula is C16H24N2O2. The van der Waals surface area contributed by atoms with Gasteiger partial charge in [-0.3, -0.25) is 4.79 Å². The molecule has 0 spiro atoms. The quantitative estimate of drug-likeness (QED) is 0.822. The molecule has 0 radical (unpaired) electrons. The lowest BCUT2D eigenvalue weighted by Gasteiger charge is -2.33. The zero-order valence-corrected chi connectivity index (χ0v) is 12.5. The number of carbonyl (C=O) groups excluding carboxylic acids is 1. The zero-order valence-electron chi connectivity index (χ0n) is 12.5. The van der Waals surface area contributed by atoms with Gasteiger partial charge in [-0.1, -0.05) is 26.0 Å². The largest absolute Gasteiger partial charge is 0.484 e. The van der Waals surface area contributed by atoms with Gasteiger partial charge in [0.05, 0.1) is 0 Å². The molecule has 110 valence electrons. The Morgan fingerprint density at radius 3 is 2.60 bits per heavy atom. The number of nitrogens with zero attached hydrogens (tertiary/aromatic N) is 2. The van der Waals surface area contributed by atoms with Gasteiger partial charge in [-0.25, -0.2) is 0 Å². The second kappa shape index (κ2) is 7.29. The van der Waals surface area contributed by atoms with Crippen molar-refractivity contribution < 1.29 is 9.53 Å². The minimum absolute atomic E-state index is 0.0858. The van der Waals surface area contributed by atoms with E-state index in [-0.39, 0.29) is 12.5 Å². The van der Waals surface area contributed by atoms with Crippen LogP contribution in [0, 0.1) is 0 Å². The minimum atomic E-state index is 0.0858. The molecule has 0 unspecified atom stereocenters. The number of amides is 1. The van der Waals surface area contributed by atoms with Crippen LogP contribution in [0.3, 0.4) is 0 Å². The first-order chi connectivity index (χ1) is 9.72. The molecule has 4 heteroatoms. The summed E-state index contributed by atoms with van der Waals surface area (Å²) in [6, 6.07) is 7.95. The standard InChI is InChI=1S/C16H24N2O2/c1-3-14-6-5-7-15(12-14)20-13-16(19)18-10-8-17(4-2)9-11-18/h5-7,12H,3-4,8-11,13H2,1-2H3. The van der Waals surface area contributed by atoms with Crippen molar-refractivity contribution in [1.82, 2.24) is 9.80 Å². The normalized spacial score (nSPS) is 16.2. The van der Waals surface area contributed by atoms with E-state index in [1.807, 2.05) is 23.1 Å². The molecule has 0 aromatic heterocycles. The van der Waals surface area contributed by atoms with Crippen molar-refractivity contribution in [2.45, 2.75) is 20.3 Å². The van der Waals surface area contributed by atoms with Gasteiger partial charge in [0, 0.05) is 26.2 Å². The second-order valence-corrected chi connectivity index (χ2v) is 5.10. The third-order valence-electron chi connectivity index (χ3n) is 3.84. The Hall–Kier alpha value is -1.55. The van der Waals surface area contributed by atoms with Crippen molar-refractivity contribution in [2.75, 3.05) is 39.3 Å². The van der Waals surface area contributed by atoms with Crippen molar-refractivity contribution in [3.8, 4) is 5.75 Å². The first-order valence-corrected chi connectivity index (χ1v) is 7.44. The molecular weight excluding hydrogens is 252 g/mol. The molecule has 0 bridgehead atoms. The summed E-state index contributed by atoms with van der Waals surface area (Å²) < 4.78 is 5.61. The number of piperazine rings is 1. The summed E-state index contributed by atoms with van der Waals surface area (Å²) >= 11 is 0. The van der Waals surface area contributed by atoms with Gasteiger partial charge in [0.2, 0.25) is 0 Å². The molecule has 1 aromatic carbocycles. The number of hydrogen-bond donors (Lipinski definition) is 0. The summed E-state index contributed by atoms with van der Waals surface area (Å²) in [5.74, 6) is 0.868. The lowest BCUT2D eigenvalue weighted by atomic mass is 10.2. The molecule has 1 saturated heterocycles. The van der Waals surface area contributed by atoms with Crippen LogP contribution in [0.5, 0.6) is 5.75 Å². The number of hydrogen-bond acceptors (Lipinski definition) is 3. The number of rotatable bonds is 5. The molecule has 4 nitrogen and oxygen atoms in total. The summed E-state index contributed by atoms with van der Waals surface area (Å²) in [4.78, 5) is 16.4. The topological polar surface area (TPSA) is 32.8 Å². The third-order valence-corrected chi connectivity index (χ3v) is 3.84. The zero-order chi connectivity index (χ0) is 14.4. The van der Waals surface area contributed by atoms with Crippen molar-refractivity contribution in [2.24, 2.45) is 0 Å². The lowest BCUT2D eigenvalue weighted by Crippen LogP contribution is -2.49. The van der Waals surface area contributed by atoms with E-state index < -0.39 is 0 Å². The highest BCUT2D eigenvalue weighted by Crippen LogP contribution is 2.14. The molecule has 1 heterocycles. The van der Waals surface area contributed by atoms with Crippen molar-refractivity contribution in [1.29, 1.82) is 0 Å². The maximum atomic E-state index is 12.1. The van der Waals surface area contributed by atoms with Gasteiger partial charge in [-0.15, -0.1) is 0 Å². The average Bonchev–Trinajstić information content (AvgIpc) is 2.53. The van der Waals surface area contributed by atoms with E-state index in [1.165, 1.54) is 5.56 Å². The van der Waals surface area contributed by atoms with E-state index in [4.69, 9.17) is 4.74 Å².